The topological polar surface area (TPSA) is 23.8 Å². The number of allylic oxidation sites excluding steroid dienone is 1. The van der Waals surface area contributed by atoms with Crippen molar-refractivity contribution in [2.75, 3.05) is 0 Å². The molecule has 1 aromatic carbocycles. The molecule has 0 aliphatic carbocycles. The number of benzene rings is 1. The van der Waals surface area contributed by atoms with Gasteiger partial charge >= 0.3 is 0 Å². The van der Waals surface area contributed by atoms with Gasteiger partial charge in [0.05, 0.1) is 11.6 Å². The van der Waals surface area contributed by atoms with E-state index in [9.17, 15) is 0 Å². The van der Waals surface area contributed by atoms with Crippen LogP contribution in [0.15, 0.2) is 24.8 Å². The molecule has 1 heteroatoms. The van der Waals surface area contributed by atoms with Gasteiger partial charge in [0.15, 0.2) is 0 Å². The van der Waals surface area contributed by atoms with Gasteiger partial charge in [-0.3, -0.25) is 0 Å². The lowest BCUT2D eigenvalue weighted by molar-refractivity contribution is 1.52. The molecule has 0 bridgehead atoms. The van der Waals surface area contributed by atoms with Crippen molar-refractivity contribution in [2.45, 2.75) is 0 Å². The third-order valence-corrected chi connectivity index (χ3v) is 1.11. The summed E-state index contributed by atoms with van der Waals surface area (Å²) < 4.78 is 0. The molecule has 46 valence electrons. The van der Waals surface area contributed by atoms with E-state index in [2.05, 4.69) is 18.7 Å². The molecule has 10 heavy (non-hydrogen) atoms. The number of hydrogen-bond acceptors (Lipinski definition) is 1. The minimum atomic E-state index is 0.428. The fraction of sp³-hybridized carbons (Fsp3) is 0. The molecule has 0 aliphatic heterocycles. The van der Waals surface area contributed by atoms with Gasteiger partial charge in [0.2, 0.25) is 0 Å². The van der Waals surface area contributed by atoms with E-state index in [1.807, 2.05) is 6.07 Å². The fourth-order valence-corrected chi connectivity index (χ4v) is 0.587. The Balaban J connectivity index is 2.99. The van der Waals surface area contributed by atoms with Crippen LogP contribution in [0.2, 0.25) is 0 Å². The van der Waals surface area contributed by atoms with E-state index < -0.39 is 0 Å². The number of hydrogen-bond donors (Lipinski definition) is 0. The molecule has 0 spiro atoms. The van der Waals surface area contributed by atoms with Gasteiger partial charge in [0.25, 0.3) is 0 Å². The van der Waals surface area contributed by atoms with E-state index in [1.54, 1.807) is 18.2 Å². The van der Waals surface area contributed by atoms with Crippen LogP contribution >= 0.6 is 0 Å². The highest BCUT2D eigenvalue weighted by Gasteiger charge is 1.92. The predicted molar refractivity (Wildman–Crippen MR) is 38.8 cm³/mol. The summed E-state index contributed by atoms with van der Waals surface area (Å²) in [6, 6.07) is 12.8. The first-order chi connectivity index (χ1) is 4.84. The van der Waals surface area contributed by atoms with Crippen molar-refractivity contribution >= 4 is 5.57 Å². The van der Waals surface area contributed by atoms with Crippen LogP contribution in [0.25, 0.3) is 5.57 Å². The summed E-state index contributed by atoms with van der Waals surface area (Å²) in [6.45, 7) is 3.53. The van der Waals surface area contributed by atoms with E-state index >= 15 is 0 Å². The van der Waals surface area contributed by atoms with E-state index in [-0.39, 0.29) is 0 Å². The monoisotopic (exact) mass is 127 g/mol. The molecule has 0 atom stereocenters. The largest absolute Gasteiger partial charge is 0.192 e. The van der Waals surface area contributed by atoms with Crippen LogP contribution in [-0.2, 0) is 0 Å². The summed E-state index contributed by atoms with van der Waals surface area (Å²) in [4.78, 5) is 0. The Kier molecular flexibility index (Phi) is 1.86. The third-order valence-electron chi connectivity index (χ3n) is 1.11. The molecule has 0 aliphatic rings. The van der Waals surface area contributed by atoms with Crippen LogP contribution in [0.5, 0.6) is 0 Å². The molecule has 2 radical (unpaired) electrons. The second kappa shape index (κ2) is 2.84. The van der Waals surface area contributed by atoms with Crippen molar-refractivity contribution in [1.29, 1.82) is 5.26 Å². The molecular formula is C9H5N. The first kappa shape index (κ1) is 6.57. The summed E-state index contributed by atoms with van der Waals surface area (Å²) in [5.41, 5.74) is 1.14. The van der Waals surface area contributed by atoms with Crippen LogP contribution in [-0.4, -0.2) is 0 Å². The van der Waals surface area contributed by atoms with E-state index in [0.717, 1.165) is 0 Å². The normalized spacial score (nSPS) is 8.30. The molecule has 0 heterocycles. The number of rotatable bonds is 1. The van der Waals surface area contributed by atoms with Crippen molar-refractivity contribution < 1.29 is 0 Å². The lowest BCUT2D eigenvalue weighted by atomic mass is 10.1. The molecule has 0 N–H and O–H groups in total. The van der Waals surface area contributed by atoms with Crippen LogP contribution in [0.4, 0.5) is 0 Å². The average molecular weight is 127 g/mol. The summed E-state index contributed by atoms with van der Waals surface area (Å²) in [6.07, 6.45) is 0. The lowest BCUT2D eigenvalue weighted by Gasteiger charge is -1.91. The molecule has 1 nitrogen and oxygen atoms in total. The molecule has 0 aromatic heterocycles. The van der Waals surface area contributed by atoms with Crippen molar-refractivity contribution in [3.8, 4) is 6.07 Å². The van der Waals surface area contributed by atoms with Crippen LogP contribution in [0.1, 0.15) is 5.56 Å². The molecule has 0 fully saturated rings. The Bertz CT molecular complexity index is 267. The van der Waals surface area contributed by atoms with Gasteiger partial charge in [0, 0.05) is 5.56 Å². The molecule has 0 unspecified atom stereocenters. The minimum Gasteiger partial charge on any atom is -0.192 e. The van der Waals surface area contributed by atoms with Gasteiger partial charge in [-0.05, 0) is 18.2 Å². The third kappa shape index (κ3) is 1.24. The Morgan fingerprint density at radius 1 is 1.60 bits per heavy atom. The molecule has 1 aromatic rings. The van der Waals surface area contributed by atoms with Crippen molar-refractivity contribution in [3.63, 3.8) is 0 Å². The lowest BCUT2D eigenvalue weighted by Crippen LogP contribution is -1.76. The highest BCUT2D eigenvalue weighted by Crippen LogP contribution is 2.07. The average Bonchev–Trinajstić information content (AvgIpc) is 2.05. The highest BCUT2D eigenvalue weighted by molar-refractivity contribution is 5.73. The van der Waals surface area contributed by atoms with E-state index in [0.29, 0.717) is 11.1 Å². The number of nitrogens with zero attached hydrogens (tertiary/aromatic N) is 1. The van der Waals surface area contributed by atoms with Gasteiger partial charge in [0.1, 0.15) is 0 Å². The molecule has 0 amide bonds. The zero-order valence-electron chi connectivity index (χ0n) is 5.39. The maximum absolute atomic E-state index is 8.40. The van der Waals surface area contributed by atoms with Crippen molar-refractivity contribution in [2.24, 2.45) is 0 Å². The van der Waals surface area contributed by atoms with Crippen LogP contribution < -0.4 is 0 Å². The summed E-state index contributed by atoms with van der Waals surface area (Å²) in [5.74, 6) is 0. The van der Waals surface area contributed by atoms with Crippen LogP contribution in [0, 0.1) is 23.5 Å². The van der Waals surface area contributed by atoms with Gasteiger partial charge in [-0.25, -0.2) is 0 Å². The minimum absolute atomic E-state index is 0.428. The Hall–Kier alpha value is -1.55. The quantitative estimate of drug-likeness (QED) is 0.528. The highest BCUT2D eigenvalue weighted by atomic mass is 14.2. The van der Waals surface area contributed by atoms with E-state index in [4.69, 9.17) is 5.26 Å². The molecule has 0 saturated carbocycles. The smallest absolute Gasteiger partial charge is 0.0991 e. The van der Waals surface area contributed by atoms with E-state index in [1.165, 1.54) is 0 Å². The maximum Gasteiger partial charge on any atom is 0.0991 e. The van der Waals surface area contributed by atoms with Crippen molar-refractivity contribution in [3.05, 3.63) is 42.5 Å². The Labute approximate surface area is 60.2 Å². The first-order valence-corrected chi connectivity index (χ1v) is 2.82. The Morgan fingerprint density at radius 2 is 2.40 bits per heavy atom. The standard InChI is InChI=1S/C9H5N/c1-8(7-10)9-5-3-2-4-6-9/h2-3,6H,1H2. The van der Waals surface area contributed by atoms with Crippen LogP contribution in [0.3, 0.4) is 0 Å². The van der Waals surface area contributed by atoms with Gasteiger partial charge in [-0.1, -0.05) is 18.7 Å². The second-order valence-corrected chi connectivity index (χ2v) is 1.79. The van der Waals surface area contributed by atoms with Gasteiger partial charge < -0.3 is 0 Å². The summed E-state index contributed by atoms with van der Waals surface area (Å²) >= 11 is 0. The van der Waals surface area contributed by atoms with Gasteiger partial charge in [-0.15, -0.1) is 0 Å². The fourth-order valence-electron chi connectivity index (χ4n) is 0.587. The summed E-state index contributed by atoms with van der Waals surface area (Å²) in [5, 5.41) is 8.40. The van der Waals surface area contributed by atoms with Gasteiger partial charge in [-0.2, -0.15) is 5.26 Å². The first-order valence-electron chi connectivity index (χ1n) is 2.82. The maximum atomic E-state index is 8.40. The SMILES string of the molecule is C=C(C#N)c1[c]cc[c]c1. The zero-order valence-corrected chi connectivity index (χ0v) is 5.39. The Morgan fingerprint density at radius 3 is 2.90 bits per heavy atom. The molecule has 1 rings (SSSR count). The zero-order chi connectivity index (χ0) is 7.40. The number of nitriles is 1. The predicted octanol–water partition coefficient (Wildman–Crippen LogP) is 1.82. The summed E-state index contributed by atoms with van der Waals surface area (Å²) in [7, 11) is 0. The van der Waals surface area contributed by atoms with Crippen molar-refractivity contribution in [1.82, 2.24) is 0 Å². The molecular weight excluding hydrogens is 122 g/mol. The second-order valence-electron chi connectivity index (χ2n) is 1.79. The molecule has 0 saturated heterocycles.